The highest BCUT2D eigenvalue weighted by Crippen LogP contribution is 2.27. The number of ether oxygens (including phenoxy) is 1. The SMILES string of the molecule is CC(=NNC(=O)COc1cc(C)ccc1C(C)C)c1ccc(Cl)c(Cl)c1. The number of nitrogens with zero attached hydrogens (tertiary/aromatic N) is 1. The summed E-state index contributed by atoms with van der Waals surface area (Å²) in [6, 6.07) is 11.2. The molecule has 2 aromatic carbocycles. The number of amides is 1. The molecule has 0 aliphatic heterocycles. The molecule has 0 radical (unpaired) electrons. The highest BCUT2D eigenvalue weighted by atomic mass is 35.5. The third kappa shape index (κ3) is 5.48. The third-order valence-corrected chi connectivity index (χ3v) is 4.57. The van der Waals surface area contributed by atoms with E-state index >= 15 is 0 Å². The zero-order chi connectivity index (χ0) is 19.3. The molecule has 0 fully saturated rings. The average molecular weight is 393 g/mol. The maximum absolute atomic E-state index is 12.0. The molecule has 0 aliphatic carbocycles. The molecule has 1 N–H and O–H groups in total. The van der Waals surface area contributed by atoms with Crippen molar-refractivity contribution in [3.05, 3.63) is 63.1 Å². The number of hydrazone groups is 1. The fraction of sp³-hybridized carbons (Fsp3) is 0.300. The second kappa shape index (κ2) is 9.06. The van der Waals surface area contributed by atoms with Crippen molar-refractivity contribution in [2.24, 2.45) is 5.10 Å². The molecule has 0 unspecified atom stereocenters. The van der Waals surface area contributed by atoms with Crippen molar-refractivity contribution in [3.63, 3.8) is 0 Å². The largest absolute Gasteiger partial charge is 0.483 e. The van der Waals surface area contributed by atoms with E-state index in [2.05, 4.69) is 24.4 Å². The van der Waals surface area contributed by atoms with Gasteiger partial charge >= 0.3 is 0 Å². The van der Waals surface area contributed by atoms with Crippen LogP contribution in [0, 0.1) is 6.92 Å². The molecular weight excluding hydrogens is 371 g/mol. The number of benzene rings is 2. The van der Waals surface area contributed by atoms with Gasteiger partial charge < -0.3 is 4.74 Å². The average Bonchev–Trinajstić information content (AvgIpc) is 2.59. The monoisotopic (exact) mass is 392 g/mol. The van der Waals surface area contributed by atoms with Gasteiger partial charge in [-0.1, -0.05) is 55.2 Å². The highest BCUT2D eigenvalue weighted by molar-refractivity contribution is 6.42. The standard InChI is InChI=1S/C20H22Cl2N2O2/c1-12(2)16-7-5-13(3)9-19(16)26-11-20(25)24-23-14(4)15-6-8-17(21)18(22)10-15/h5-10,12H,11H2,1-4H3,(H,24,25). The van der Waals surface area contributed by atoms with Crippen molar-refractivity contribution in [1.29, 1.82) is 0 Å². The number of rotatable bonds is 6. The molecule has 138 valence electrons. The first kappa shape index (κ1) is 20.3. The van der Waals surface area contributed by atoms with Crippen molar-refractivity contribution in [3.8, 4) is 5.75 Å². The molecule has 0 saturated heterocycles. The molecule has 0 heterocycles. The first-order valence-corrected chi connectivity index (χ1v) is 9.05. The number of nitrogens with one attached hydrogen (secondary N) is 1. The summed E-state index contributed by atoms with van der Waals surface area (Å²) in [5, 5.41) is 5.00. The van der Waals surface area contributed by atoms with Crippen molar-refractivity contribution in [2.45, 2.75) is 33.6 Å². The van der Waals surface area contributed by atoms with Gasteiger partial charge in [0, 0.05) is 0 Å². The molecule has 4 nitrogen and oxygen atoms in total. The van der Waals surface area contributed by atoms with Gasteiger partial charge in [0.05, 0.1) is 15.8 Å². The summed E-state index contributed by atoms with van der Waals surface area (Å²) in [6.07, 6.45) is 0. The van der Waals surface area contributed by atoms with Crippen LogP contribution in [0.5, 0.6) is 5.75 Å². The van der Waals surface area contributed by atoms with Crippen LogP contribution in [-0.4, -0.2) is 18.2 Å². The van der Waals surface area contributed by atoms with Crippen molar-refractivity contribution >= 4 is 34.8 Å². The van der Waals surface area contributed by atoms with E-state index in [0.29, 0.717) is 21.7 Å². The fourth-order valence-corrected chi connectivity index (χ4v) is 2.65. The Morgan fingerprint density at radius 3 is 2.54 bits per heavy atom. The van der Waals surface area contributed by atoms with Crippen LogP contribution < -0.4 is 10.2 Å². The van der Waals surface area contributed by atoms with Crippen LogP contribution in [0.3, 0.4) is 0 Å². The molecule has 0 saturated carbocycles. The second-order valence-electron chi connectivity index (χ2n) is 6.35. The summed E-state index contributed by atoms with van der Waals surface area (Å²) >= 11 is 11.9. The minimum Gasteiger partial charge on any atom is -0.483 e. The van der Waals surface area contributed by atoms with E-state index in [1.807, 2.05) is 25.1 Å². The molecule has 0 bridgehead atoms. The van der Waals surface area contributed by atoms with Gasteiger partial charge in [-0.05, 0) is 54.7 Å². The Morgan fingerprint density at radius 1 is 1.15 bits per heavy atom. The van der Waals surface area contributed by atoms with Gasteiger partial charge in [0.2, 0.25) is 0 Å². The van der Waals surface area contributed by atoms with E-state index in [0.717, 1.165) is 22.4 Å². The molecule has 0 atom stereocenters. The van der Waals surface area contributed by atoms with Gasteiger partial charge in [0.25, 0.3) is 5.91 Å². The predicted octanol–water partition coefficient (Wildman–Crippen LogP) is 5.34. The number of halogens is 2. The van der Waals surface area contributed by atoms with Crippen LogP contribution in [0.15, 0.2) is 41.5 Å². The Kier molecular flexibility index (Phi) is 7.06. The summed E-state index contributed by atoms with van der Waals surface area (Å²) in [5.74, 6) is 0.699. The number of carbonyl (C=O) groups excluding carboxylic acids is 1. The van der Waals surface area contributed by atoms with Crippen LogP contribution in [0.4, 0.5) is 0 Å². The van der Waals surface area contributed by atoms with E-state index in [1.165, 1.54) is 0 Å². The number of hydrogen-bond acceptors (Lipinski definition) is 3. The van der Waals surface area contributed by atoms with Crippen LogP contribution >= 0.6 is 23.2 Å². The smallest absolute Gasteiger partial charge is 0.277 e. The molecular formula is C20H22Cl2N2O2. The zero-order valence-corrected chi connectivity index (χ0v) is 16.8. The van der Waals surface area contributed by atoms with Crippen LogP contribution in [0.25, 0.3) is 0 Å². The second-order valence-corrected chi connectivity index (χ2v) is 7.16. The minimum atomic E-state index is -0.333. The molecule has 0 spiro atoms. The van der Waals surface area contributed by atoms with Crippen molar-refractivity contribution in [2.75, 3.05) is 6.61 Å². The van der Waals surface area contributed by atoms with Crippen LogP contribution in [0.2, 0.25) is 10.0 Å². The maximum Gasteiger partial charge on any atom is 0.277 e. The van der Waals surface area contributed by atoms with Gasteiger partial charge in [-0.15, -0.1) is 0 Å². The lowest BCUT2D eigenvalue weighted by molar-refractivity contribution is -0.123. The van der Waals surface area contributed by atoms with Crippen molar-refractivity contribution in [1.82, 2.24) is 5.43 Å². The molecule has 26 heavy (non-hydrogen) atoms. The lowest BCUT2D eigenvalue weighted by atomic mass is 10.0. The van der Waals surface area contributed by atoms with Crippen molar-refractivity contribution < 1.29 is 9.53 Å². The maximum atomic E-state index is 12.0. The Morgan fingerprint density at radius 2 is 1.88 bits per heavy atom. The Labute approximate surface area is 164 Å². The summed E-state index contributed by atoms with van der Waals surface area (Å²) in [5.41, 5.74) is 6.05. The van der Waals surface area contributed by atoms with E-state index in [-0.39, 0.29) is 12.5 Å². The summed E-state index contributed by atoms with van der Waals surface area (Å²) in [4.78, 5) is 12.0. The zero-order valence-electron chi connectivity index (χ0n) is 15.3. The Hall–Kier alpha value is -2.04. The highest BCUT2D eigenvalue weighted by Gasteiger charge is 2.10. The topological polar surface area (TPSA) is 50.7 Å². The lowest BCUT2D eigenvalue weighted by Gasteiger charge is -2.14. The van der Waals surface area contributed by atoms with Crippen LogP contribution in [-0.2, 0) is 4.79 Å². The van der Waals surface area contributed by atoms with Gasteiger partial charge in [-0.3, -0.25) is 4.79 Å². The quantitative estimate of drug-likeness (QED) is 0.532. The number of hydrogen-bond donors (Lipinski definition) is 1. The van der Waals surface area contributed by atoms with Gasteiger partial charge in [0.15, 0.2) is 6.61 Å². The van der Waals surface area contributed by atoms with Gasteiger partial charge in [-0.2, -0.15) is 5.10 Å². The normalized spacial score (nSPS) is 11.6. The van der Waals surface area contributed by atoms with E-state index in [9.17, 15) is 4.79 Å². The lowest BCUT2D eigenvalue weighted by Crippen LogP contribution is -2.26. The van der Waals surface area contributed by atoms with E-state index in [1.54, 1.807) is 25.1 Å². The minimum absolute atomic E-state index is 0.110. The van der Waals surface area contributed by atoms with Gasteiger partial charge in [-0.25, -0.2) is 5.43 Å². The van der Waals surface area contributed by atoms with Crippen LogP contribution in [0.1, 0.15) is 43.4 Å². The third-order valence-electron chi connectivity index (χ3n) is 3.84. The van der Waals surface area contributed by atoms with Gasteiger partial charge in [0.1, 0.15) is 5.75 Å². The number of carbonyl (C=O) groups is 1. The molecule has 0 aliphatic rings. The molecule has 2 rings (SSSR count). The van der Waals surface area contributed by atoms with E-state index in [4.69, 9.17) is 27.9 Å². The molecule has 1 amide bonds. The number of aryl methyl sites for hydroxylation is 1. The Balaban J connectivity index is 1.99. The summed E-state index contributed by atoms with van der Waals surface area (Å²) < 4.78 is 5.69. The predicted molar refractivity (Wildman–Crippen MR) is 108 cm³/mol. The Bertz CT molecular complexity index is 833. The van der Waals surface area contributed by atoms with E-state index < -0.39 is 0 Å². The molecule has 2 aromatic rings. The molecule has 0 aromatic heterocycles. The molecule has 6 heteroatoms. The fourth-order valence-electron chi connectivity index (χ4n) is 2.35. The first-order chi connectivity index (χ1) is 12.3. The first-order valence-electron chi connectivity index (χ1n) is 8.30. The summed E-state index contributed by atoms with van der Waals surface area (Å²) in [6.45, 7) is 7.83. The summed E-state index contributed by atoms with van der Waals surface area (Å²) in [7, 11) is 0.